The lowest BCUT2D eigenvalue weighted by atomic mass is 10.2. The molecule has 20 aromatic rings. The molecule has 0 aliphatic rings. The van der Waals surface area contributed by atoms with E-state index in [0.717, 1.165) is 105 Å². The van der Waals surface area contributed by atoms with Gasteiger partial charge in [-0.25, -0.2) is 24.9 Å². The molecular formula is C91H82N18O4S5. The van der Waals surface area contributed by atoms with E-state index in [1.807, 2.05) is 243 Å². The van der Waals surface area contributed by atoms with E-state index >= 15 is 0 Å². The van der Waals surface area contributed by atoms with E-state index in [1.54, 1.807) is 144 Å². The second kappa shape index (κ2) is 45.3. The predicted octanol–water partition coefficient (Wildman–Crippen LogP) is 23.5. The van der Waals surface area contributed by atoms with Crippen molar-refractivity contribution < 1.29 is 17.9 Å². The van der Waals surface area contributed by atoms with E-state index in [-0.39, 0.29) is 0 Å². The van der Waals surface area contributed by atoms with E-state index in [9.17, 15) is 0 Å². The summed E-state index contributed by atoms with van der Waals surface area (Å²) in [5.74, 6) is 2.88. The quantitative estimate of drug-likeness (QED) is 0.130. The van der Waals surface area contributed by atoms with E-state index in [1.165, 1.54) is 40.3 Å². The summed E-state index contributed by atoms with van der Waals surface area (Å²) in [5.41, 5.74) is 16.0. The molecular weight excluding hydrogens is 1570 g/mol. The van der Waals surface area contributed by atoms with Gasteiger partial charge < -0.3 is 22.4 Å². The van der Waals surface area contributed by atoms with Crippen molar-refractivity contribution in [2.75, 3.05) is 0 Å². The molecule has 0 aliphatic carbocycles. The van der Waals surface area contributed by atoms with Gasteiger partial charge in [0.1, 0.15) is 44.7 Å². The van der Waals surface area contributed by atoms with Crippen molar-refractivity contribution in [1.29, 1.82) is 0 Å². The van der Waals surface area contributed by atoms with Gasteiger partial charge in [0, 0.05) is 219 Å². The van der Waals surface area contributed by atoms with Crippen LogP contribution in [0.15, 0.2) is 336 Å². The summed E-state index contributed by atoms with van der Waals surface area (Å²) in [6.07, 6.45) is 39.2. The van der Waals surface area contributed by atoms with Gasteiger partial charge in [0.2, 0.25) is 5.89 Å². The molecule has 0 atom stereocenters. The van der Waals surface area contributed by atoms with Gasteiger partial charge in [-0.1, -0.05) is 28.5 Å². The van der Waals surface area contributed by atoms with Crippen LogP contribution in [0.2, 0.25) is 0 Å². The molecule has 0 unspecified atom stereocenters. The Morgan fingerprint density at radius 3 is 1.29 bits per heavy atom. The van der Waals surface area contributed by atoms with Crippen LogP contribution in [0.3, 0.4) is 0 Å². The third-order valence-corrected chi connectivity index (χ3v) is 20.8. The van der Waals surface area contributed by atoms with Crippen LogP contribution >= 0.6 is 56.7 Å². The fourth-order valence-electron chi connectivity index (χ4n) is 10.2. The van der Waals surface area contributed by atoms with E-state index in [2.05, 4.69) is 147 Å². The van der Waals surface area contributed by atoms with Crippen molar-refractivity contribution in [3.8, 4) is 98.1 Å². The number of thiazole rings is 3. The average Bonchev–Trinajstić information content (AvgIpc) is 1.71. The summed E-state index contributed by atoms with van der Waals surface area (Å²) in [7, 11) is 2.02. The monoisotopic (exact) mass is 1650 g/mol. The van der Waals surface area contributed by atoms with Crippen LogP contribution in [-0.2, 0) is 7.05 Å². The molecule has 0 bridgehead atoms. The highest BCUT2D eigenvalue weighted by Gasteiger charge is 2.09. The first-order chi connectivity index (χ1) is 57.6. The Bertz CT molecular complexity index is 5080. The molecule has 0 fully saturated rings. The summed E-state index contributed by atoms with van der Waals surface area (Å²) in [6, 6.07) is 57.3. The zero-order valence-electron chi connectivity index (χ0n) is 66.2. The normalized spacial score (nSPS) is 10.1. The number of thiophene rings is 2. The molecule has 20 aromatic heterocycles. The molecule has 0 saturated carbocycles. The van der Waals surface area contributed by atoms with Crippen LogP contribution in [0, 0.1) is 62.3 Å². The third kappa shape index (κ3) is 27.5. The van der Waals surface area contributed by atoms with Crippen LogP contribution in [0.5, 0.6) is 0 Å². The highest BCUT2D eigenvalue weighted by atomic mass is 32.1. The van der Waals surface area contributed by atoms with Gasteiger partial charge in [0.05, 0.1) is 44.2 Å². The molecule has 0 radical (unpaired) electrons. The van der Waals surface area contributed by atoms with Crippen molar-refractivity contribution in [1.82, 2.24) is 89.6 Å². The Morgan fingerprint density at radius 1 is 0.322 bits per heavy atom. The number of oxazole rings is 2. The molecule has 20 heterocycles. The van der Waals surface area contributed by atoms with Gasteiger partial charge in [0.15, 0.2) is 11.7 Å². The summed E-state index contributed by atoms with van der Waals surface area (Å²) >= 11 is 8.59. The molecule has 0 aromatic carbocycles. The first kappa shape index (κ1) is 85.1. The lowest BCUT2D eigenvalue weighted by Gasteiger charge is -1.92. The maximum absolute atomic E-state index is 5.20. The van der Waals surface area contributed by atoms with Crippen LogP contribution in [0.4, 0.5) is 0 Å². The van der Waals surface area contributed by atoms with Crippen molar-refractivity contribution in [3.63, 3.8) is 0 Å². The number of fused-ring (bicyclic) bond motifs is 1. The second-order valence-electron chi connectivity index (χ2n) is 25.3. The lowest BCUT2D eigenvalue weighted by molar-refractivity contribution is 0.399. The smallest absolute Gasteiger partial charge is 0.227 e. The number of aromatic nitrogens is 18. The van der Waals surface area contributed by atoms with Gasteiger partial charge >= 0.3 is 0 Å². The molecule has 27 heteroatoms. The maximum atomic E-state index is 5.20. The summed E-state index contributed by atoms with van der Waals surface area (Å²) in [6.45, 7) is 17.8. The van der Waals surface area contributed by atoms with E-state index in [4.69, 9.17) is 17.9 Å². The number of rotatable bonds is 9. The van der Waals surface area contributed by atoms with Crippen LogP contribution < -0.4 is 0 Å². The number of pyridine rings is 10. The van der Waals surface area contributed by atoms with Crippen molar-refractivity contribution in [2.45, 2.75) is 62.3 Å². The Morgan fingerprint density at radius 2 is 0.839 bits per heavy atom. The van der Waals surface area contributed by atoms with Gasteiger partial charge in [-0.2, -0.15) is 0 Å². The number of aryl methyl sites for hydroxylation is 10. The first-order valence-electron chi connectivity index (χ1n) is 36.7. The fraction of sp³-hybridized carbons (Fsp3) is 0.110. The topological polar surface area (TPSA) is 277 Å². The van der Waals surface area contributed by atoms with Crippen molar-refractivity contribution in [3.05, 3.63) is 366 Å². The molecule has 118 heavy (non-hydrogen) atoms. The lowest BCUT2D eigenvalue weighted by Crippen LogP contribution is -1.82. The summed E-state index contributed by atoms with van der Waals surface area (Å²) in [4.78, 5) is 69.6. The predicted molar refractivity (Wildman–Crippen MR) is 473 cm³/mol. The van der Waals surface area contributed by atoms with Crippen LogP contribution in [0.1, 0.15) is 48.2 Å². The van der Waals surface area contributed by atoms with E-state index in [0.29, 0.717) is 11.8 Å². The van der Waals surface area contributed by atoms with Gasteiger partial charge in [-0.15, -0.1) is 56.7 Å². The molecule has 0 N–H and O–H groups in total. The number of nitrogens with zero attached hydrogens (tertiary/aromatic N) is 18. The fourth-order valence-corrected chi connectivity index (χ4v) is 14.2. The van der Waals surface area contributed by atoms with Crippen molar-refractivity contribution >= 4 is 67.7 Å². The minimum Gasteiger partial charge on any atom is -0.449 e. The van der Waals surface area contributed by atoms with Crippen LogP contribution in [0.25, 0.3) is 109 Å². The van der Waals surface area contributed by atoms with Crippen LogP contribution in [-0.4, -0.2) is 89.6 Å². The minimum atomic E-state index is 0.626. The zero-order valence-corrected chi connectivity index (χ0v) is 70.3. The maximum Gasteiger partial charge on any atom is 0.227 e. The van der Waals surface area contributed by atoms with Crippen molar-refractivity contribution in [2.24, 2.45) is 7.05 Å². The number of hydrogen-bond acceptors (Lipinski definition) is 26. The Labute approximate surface area is 703 Å². The van der Waals surface area contributed by atoms with Gasteiger partial charge in [-0.3, -0.25) is 49.8 Å². The van der Waals surface area contributed by atoms with Gasteiger partial charge in [0.25, 0.3) is 0 Å². The summed E-state index contributed by atoms with van der Waals surface area (Å²) in [5, 5.41) is 12.8. The Kier molecular flexibility index (Phi) is 32.7. The van der Waals surface area contributed by atoms with Gasteiger partial charge in [-0.05, 0) is 201 Å². The molecule has 0 spiro atoms. The summed E-state index contributed by atoms with van der Waals surface area (Å²) < 4.78 is 22.3. The highest BCUT2D eigenvalue weighted by molar-refractivity contribution is 7.16. The Balaban J connectivity index is 0.000000129. The average molecular weight is 1650 g/mol. The molecule has 22 nitrogen and oxygen atoms in total. The zero-order chi connectivity index (χ0) is 82.5. The SMILES string of the molecule is Cc1cc(-c2cccnc2)no1.Cc1cc(-c2cccnc2)on1.Cc1ccc(-c2ccccn2)s1.Cc1ccc(-c2cccnc2)s1.Cc1cnc(-c2ccccn2)s1.Cc1cnc(-c2cccnc2)s1.Cc1coc(-c2cccnc2)n1.Cc1csc(-c2cccnc2)n1.Cc1nc(-c2cccnc2)co1.Cn1ccc2ncccc21. The largest absolute Gasteiger partial charge is 0.449 e. The van der Waals surface area contributed by atoms with E-state index < -0.39 is 0 Å². The molecule has 20 rings (SSSR count). The first-order valence-corrected chi connectivity index (χ1v) is 40.9. The third-order valence-electron chi connectivity index (χ3n) is 15.8. The molecule has 0 aliphatic heterocycles. The second-order valence-corrected chi connectivity index (χ2v) is 31.2. The molecule has 590 valence electrons. The number of hydrogen-bond donors (Lipinski definition) is 0. The minimum absolute atomic E-state index is 0.626. The standard InChI is InChI=1S/2C10H9NS.4C9H8N2O.3C9H8N2S.C8H8N2/c1-8-4-5-10(12-8)9-3-2-6-11-7-9;1-8-5-6-10(12-8)9-4-2-3-7-11-9;1-7-11-9(6-12-7)8-3-2-4-10-5-8;1-7-6-12-9(11-7)8-3-2-4-10-5-8;1-7-5-9(11-12-7)8-3-2-4-10-6-8;1-7-5-9(12-11-7)8-3-2-4-10-6-8;1-7-6-12-9(11-7)8-3-2-4-10-5-8;1-7-5-11-9(12-7)8-3-2-4-10-6-8;1-7-6-11-9(12-7)8-4-2-3-5-10-8;1-10-6-4-7-8(10)3-2-5-9-7/h2*2-7H,1H3;7*2-6H,1H3;2-6H,1H3. The highest BCUT2D eigenvalue weighted by Crippen LogP contribution is 2.30. The Hall–Kier alpha value is -13.8. The molecule has 0 saturated heterocycles. The molecule has 0 amide bonds.